The maximum absolute atomic E-state index is 11.4. The average molecular weight is 287 g/mol. The highest BCUT2D eigenvalue weighted by Crippen LogP contribution is 2.27. The molecule has 0 aliphatic heterocycles. The van der Waals surface area contributed by atoms with Crippen molar-refractivity contribution >= 4 is 11.9 Å². The Bertz CT molecular complexity index is 684. The van der Waals surface area contributed by atoms with Crippen LogP contribution in [-0.2, 0) is 0 Å². The van der Waals surface area contributed by atoms with Crippen molar-refractivity contribution in [2.45, 2.75) is 26.9 Å². The second-order valence-electron chi connectivity index (χ2n) is 4.89. The lowest BCUT2D eigenvalue weighted by Gasteiger charge is -2.12. The van der Waals surface area contributed by atoms with Gasteiger partial charge in [0.05, 0.1) is 17.5 Å². The third-order valence-corrected chi connectivity index (χ3v) is 2.80. The number of anilines is 1. The highest BCUT2D eigenvalue weighted by molar-refractivity contribution is 5.96. The molecule has 0 aliphatic carbocycles. The van der Waals surface area contributed by atoms with Crippen LogP contribution in [0.2, 0.25) is 0 Å². The van der Waals surface area contributed by atoms with Crippen molar-refractivity contribution in [3.8, 4) is 17.0 Å². The van der Waals surface area contributed by atoms with Gasteiger partial charge >= 0.3 is 5.97 Å². The summed E-state index contributed by atoms with van der Waals surface area (Å²) in [5, 5.41) is 9.36. The zero-order valence-corrected chi connectivity index (χ0v) is 12.1. The van der Waals surface area contributed by atoms with Gasteiger partial charge in [-0.05, 0) is 32.9 Å². The van der Waals surface area contributed by atoms with Crippen molar-refractivity contribution in [1.82, 2.24) is 9.97 Å². The van der Waals surface area contributed by atoms with E-state index in [1.54, 1.807) is 31.2 Å². The molecular weight excluding hydrogens is 270 g/mol. The number of rotatable bonds is 4. The van der Waals surface area contributed by atoms with Gasteiger partial charge in [0.2, 0.25) is 5.95 Å². The largest absolute Gasteiger partial charge is 0.491 e. The van der Waals surface area contributed by atoms with Gasteiger partial charge in [0, 0.05) is 5.56 Å². The molecule has 0 amide bonds. The lowest BCUT2D eigenvalue weighted by molar-refractivity contribution is 0.0696. The Labute approximate surface area is 122 Å². The molecule has 0 spiro atoms. The first kappa shape index (κ1) is 14.8. The smallest absolute Gasteiger partial charge is 0.339 e. The molecule has 0 saturated heterocycles. The quantitative estimate of drug-likeness (QED) is 0.896. The molecule has 0 aliphatic rings. The number of ether oxygens (including phenoxy) is 1. The standard InChI is InChI=1S/C15H17N3O3/c1-8(2)21-11-6-4-5-10(7-11)13-12(14(19)20)9(3)17-15(16)18-13/h4-8H,1-3H3,(H,19,20)(H2,16,17,18). The number of aryl methyl sites for hydroxylation is 1. The second kappa shape index (κ2) is 5.78. The number of carbonyl (C=O) groups is 1. The fourth-order valence-electron chi connectivity index (χ4n) is 2.05. The Kier molecular flexibility index (Phi) is 4.07. The molecule has 2 aromatic rings. The Morgan fingerprint density at radius 1 is 1.33 bits per heavy atom. The Balaban J connectivity index is 2.58. The zero-order valence-electron chi connectivity index (χ0n) is 12.1. The second-order valence-corrected chi connectivity index (χ2v) is 4.89. The molecule has 0 fully saturated rings. The van der Waals surface area contributed by atoms with Gasteiger partial charge in [0.15, 0.2) is 0 Å². The molecule has 2 rings (SSSR count). The van der Waals surface area contributed by atoms with E-state index in [1.165, 1.54) is 0 Å². The summed E-state index contributed by atoms with van der Waals surface area (Å²) in [6, 6.07) is 7.10. The van der Waals surface area contributed by atoms with Crippen molar-refractivity contribution in [1.29, 1.82) is 0 Å². The summed E-state index contributed by atoms with van der Waals surface area (Å²) in [4.78, 5) is 19.4. The normalized spacial score (nSPS) is 10.7. The van der Waals surface area contributed by atoms with E-state index >= 15 is 0 Å². The van der Waals surface area contributed by atoms with Crippen LogP contribution >= 0.6 is 0 Å². The van der Waals surface area contributed by atoms with E-state index in [-0.39, 0.29) is 17.6 Å². The van der Waals surface area contributed by atoms with Gasteiger partial charge in [-0.2, -0.15) is 0 Å². The van der Waals surface area contributed by atoms with Crippen LogP contribution in [0.1, 0.15) is 29.9 Å². The fraction of sp³-hybridized carbons (Fsp3) is 0.267. The van der Waals surface area contributed by atoms with Gasteiger partial charge in [-0.25, -0.2) is 14.8 Å². The summed E-state index contributed by atoms with van der Waals surface area (Å²) < 4.78 is 5.62. The molecule has 0 bridgehead atoms. The van der Waals surface area contributed by atoms with Gasteiger partial charge in [0.25, 0.3) is 0 Å². The summed E-state index contributed by atoms with van der Waals surface area (Å²) >= 11 is 0. The van der Waals surface area contributed by atoms with Crippen LogP contribution in [0.4, 0.5) is 5.95 Å². The monoisotopic (exact) mass is 287 g/mol. The minimum Gasteiger partial charge on any atom is -0.491 e. The average Bonchev–Trinajstić information content (AvgIpc) is 2.36. The number of nitrogens with zero attached hydrogens (tertiary/aromatic N) is 2. The van der Waals surface area contributed by atoms with E-state index < -0.39 is 5.97 Å². The number of hydrogen-bond acceptors (Lipinski definition) is 5. The van der Waals surface area contributed by atoms with Gasteiger partial charge in [-0.1, -0.05) is 12.1 Å². The predicted octanol–water partition coefficient (Wildman–Crippen LogP) is 2.52. The number of carboxylic acid groups (broad SMARTS) is 1. The van der Waals surface area contributed by atoms with Gasteiger partial charge in [-0.3, -0.25) is 0 Å². The molecule has 6 heteroatoms. The van der Waals surface area contributed by atoms with Crippen molar-refractivity contribution in [3.63, 3.8) is 0 Å². The maximum Gasteiger partial charge on any atom is 0.339 e. The Hall–Kier alpha value is -2.63. The third kappa shape index (κ3) is 3.28. The summed E-state index contributed by atoms with van der Waals surface area (Å²) in [5.41, 5.74) is 6.94. The minimum absolute atomic E-state index is 0.0244. The number of hydrogen-bond donors (Lipinski definition) is 2. The van der Waals surface area contributed by atoms with E-state index in [9.17, 15) is 9.90 Å². The number of nitrogen functional groups attached to an aromatic ring is 1. The highest BCUT2D eigenvalue weighted by Gasteiger charge is 2.19. The van der Waals surface area contributed by atoms with Crippen LogP contribution in [0.5, 0.6) is 5.75 Å². The van der Waals surface area contributed by atoms with Crippen LogP contribution in [0.25, 0.3) is 11.3 Å². The van der Waals surface area contributed by atoms with Gasteiger partial charge in [0.1, 0.15) is 11.3 Å². The Morgan fingerprint density at radius 2 is 2.05 bits per heavy atom. The molecule has 1 aromatic heterocycles. The van der Waals surface area contributed by atoms with Crippen LogP contribution in [0.15, 0.2) is 24.3 Å². The Morgan fingerprint density at radius 3 is 2.67 bits per heavy atom. The molecular formula is C15H17N3O3. The lowest BCUT2D eigenvalue weighted by Crippen LogP contribution is -2.10. The minimum atomic E-state index is -1.09. The predicted molar refractivity (Wildman–Crippen MR) is 79.3 cm³/mol. The third-order valence-electron chi connectivity index (χ3n) is 2.80. The van der Waals surface area contributed by atoms with Gasteiger partial charge < -0.3 is 15.6 Å². The summed E-state index contributed by atoms with van der Waals surface area (Å²) in [6.45, 7) is 5.43. The lowest BCUT2D eigenvalue weighted by atomic mass is 10.0. The summed E-state index contributed by atoms with van der Waals surface area (Å²) in [6.07, 6.45) is 0.0244. The molecule has 0 unspecified atom stereocenters. The number of aromatic carboxylic acids is 1. The zero-order chi connectivity index (χ0) is 15.6. The first-order valence-electron chi connectivity index (χ1n) is 6.53. The van der Waals surface area contributed by atoms with Crippen molar-refractivity contribution in [2.75, 3.05) is 5.73 Å². The molecule has 3 N–H and O–H groups in total. The van der Waals surface area contributed by atoms with Crippen LogP contribution in [0, 0.1) is 6.92 Å². The number of nitrogens with two attached hydrogens (primary N) is 1. The number of benzene rings is 1. The van der Waals surface area contributed by atoms with Crippen molar-refractivity contribution in [2.24, 2.45) is 0 Å². The van der Waals surface area contributed by atoms with E-state index in [0.29, 0.717) is 22.7 Å². The fourth-order valence-corrected chi connectivity index (χ4v) is 2.05. The number of carboxylic acids is 1. The van der Waals surface area contributed by atoms with Crippen molar-refractivity contribution < 1.29 is 14.6 Å². The van der Waals surface area contributed by atoms with E-state index in [1.807, 2.05) is 13.8 Å². The molecule has 21 heavy (non-hydrogen) atoms. The highest BCUT2D eigenvalue weighted by atomic mass is 16.5. The first-order chi connectivity index (χ1) is 9.88. The first-order valence-corrected chi connectivity index (χ1v) is 6.53. The molecule has 1 heterocycles. The molecule has 110 valence electrons. The molecule has 0 atom stereocenters. The number of aromatic nitrogens is 2. The molecule has 0 radical (unpaired) electrons. The molecule has 0 saturated carbocycles. The maximum atomic E-state index is 11.4. The van der Waals surface area contributed by atoms with E-state index in [2.05, 4.69) is 9.97 Å². The molecule has 1 aromatic carbocycles. The van der Waals surface area contributed by atoms with Crippen LogP contribution < -0.4 is 10.5 Å². The van der Waals surface area contributed by atoms with Crippen molar-refractivity contribution in [3.05, 3.63) is 35.5 Å². The topological polar surface area (TPSA) is 98.3 Å². The molecule has 6 nitrogen and oxygen atoms in total. The van der Waals surface area contributed by atoms with E-state index in [0.717, 1.165) is 0 Å². The summed E-state index contributed by atoms with van der Waals surface area (Å²) in [7, 11) is 0. The van der Waals surface area contributed by atoms with Gasteiger partial charge in [-0.15, -0.1) is 0 Å². The SMILES string of the molecule is Cc1nc(N)nc(-c2cccc(OC(C)C)c2)c1C(=O)O. The van der Waals surface area contributed by atoms with Crippen LogP contribution in [-0.4, -0.2) is 27.1 Å². The van der Waals surface area contributed by atoms with E-state index in [4.69, 9.17) is 10.5 Å². The van der Waals surface area contributed by atoms with Crippen LogP contribution in [0.3, 0.4) is 0 Å². The summed E-state index contributed by atoms with van der Waals surface area (Å²) in [5.74, 6) is -0.394.